The summed E-state index contributed by atoms with van der Waals surface area (Å²) in [5.74, 6) is 0.428. The first kappa shape index (κ1) is 19.1. The maximum Gasteiger partial charge on any atom is 0.270 e. The Morgan fingerprint density at radius 3 is 2.72 bits per heavy atom. The largest absolute Gasteiger partial charge is 0.377 e. The summed E-state index contributed by atoms with van der Waals surface area (Å²) in [7, 11) is -3.38. The molecular formula is C17H29NO6S. The van der Waals surface area contributed by atoms with Gasteiger partial charge in [-0.2, -0.15) is 8.42 Å². The number of carbonyl (C=O) groups is 1. The molecule has 8 heteroatoms. The van der Waals surface area contributed by atoms with Crippen molar-refractivity contribution in [3.05, 3.63) is 0 Å². The zero-order valence-electron chi connectivity index (χ0n) is 15.2. The minimum absolute atomic E-state index is 0.0333. The van der Waals surface area contributed by atoms with E-state index in [1.165, 1.54) is 0 Å². The maximum absolute atomic E-state index is 11.9. The van der Waals surface area contributed by atoms with Gasteiger partial charge in [0.05, 0.1) is 31.2 Å². The molecule has 1 amide bonds. The molecule has 2 aliphatic carbocycles. The molecule has 1 N–H and O–H groups in total. The third-order valence-electron chi connectivity index (χ3n) is 5.98. The highest BCUT2D eigenvalue weighted by molar-refractivity contribution is 7.87. The van der Waals surface area contributed by atoms with Crippen molar-refractivity contribution in [2.45, 2.75) is 57.5 Å². The van der Waals surface area contributed by atoms with Gasteiger partial charge in [-0.3, -0.25) is 8.98 Å². The highest BCUT2D eigenvalue weighted by Crippen LogP contribution is 2.55. The molecule has 0 radical (unpaired) electrons. The number of hydrogen-bond acceptors (Lipinski definition) is 6. The Bertz CT molecular complexity index is 604. The predicted octanol–water partition coefficient (Wildman–Crippen LogP) is 1.08. The number of hydrogen-bond donors (Lipinski definition) is 1. The molecule has 7 nitrogen and oxygen atoms in total. The van der Waals surface area contributed by atoms with Crippen LogP contribution in [0.25, 0.3) is 0 Å². The number of amides is 1. The summed E-state index contributed by atoms with van der Waals surface area (Å²) >= 11 is 0. The van der Waals surface area contributed by atoms with Crippen LogP contribution in [0.5, 0.6) is 0 Å². The lowest BCUT2D eigenvalue weighted by molar-refractivity contribution is -0.129. The molecule has 1 aliphatic heterocycles. The van der Waals surface area contributed by atoms with E-state index < -0.39 is 10.1 Å². The molecular weight excluding hydrogens is 346 g/mol. The molecule has 1 heterocycles. The van der Waals surface area contributed by atoms with E-state index >= 15 is 0 Å². The fourth-order valence-corrected chi connectivity index (χ4v) is 5.98. The van der Waals surface area contributed by atoms with Crippen molar-refractivity contribution >= 4 is 16.0 Å². The van der Waals surface area contributed by atoms with Crippen molar-refractivity contribution in [1.29, 1.82) is 0 Å². The normalized spacial score (nSPS) is 35.2. The van der Waals surface area contributed by atoms with Gasteiger partial charge in [0.1, 0.15) is 6.10 Å². The lowest BCUT2D eigenvalue weighted by Crippen LogP contribution is -2.38. The van der Waals surface area contributed by atoms with Crippen molar-refractivity contribution in [3.63, 3.8) is 0 Å². The zero-order chi connectivity index (χ0) is 18.2. The Hall–Kier alpha value is -0.700. The number of ether oxygens (including phenoxy) is 2. The van der Waals surface area contributed by atoms with Crippen LogP contribution in [0.3, 0.4) is 0 Å². The Morgan fingerprint density at radius 2 is 2.00 bits per heavy atom. The predicted molar refractivity (Wildman–Crippen MR) is 91.4 cm³/mol. The van der Waals surface area contributed by atoms with E-state index in [4.69, 9.17) is 13.7 Å². The molecule has 3 rings (SSSR count). The van der Waals surface area contributed by atoms with Crippen LogP contribution in [0.4, 0.5) is 0 Å². The number of rotatable bonds is 9. The summed E-state index contributed by atoms with van der Waals surface area (Å²) < 4.78 is 40.4. The summed E-state index contributed by atoms with van der Waals surface area (Å²) in [4.78, 5) is 11.9. The van der Waals surface area contributed by atoms with Crippen LogP contribution < -0.4 is 5.32 Å². The quantitative estimate of drug-likeness (QED) is 0.479. The van der Waals surface area contributed by atoms with Crippen molar-refractivity contribution < 1.29 is 26.9 Å². The van der Waals surface area contributed by atoms with Gasteiger partial charge in [0.15, 0.2) is 0 Å². The van der Waals surface area contributed by atoms with Crippen LogP contribution >= 0.6 is 0 Å². The molecule has 2 bridgehead atoms. The summed E-state index contributed by atoms with van der Waals surface area (Å²) in [6.07, 6.45) is 1.90. The third-order valence-corrected chi connectivity index (χ3v) is 7.76. The van der Waals surface area contributed by atoms with Crippen LogP contribution in [0.15, 0.2) is 0 Å². The van der Waals surface area contributed by atoms with Gasteiger partial charge in [0, 0.05) is 17.9 Å². The number of carbonyl (C=O) groups excluding carboxylic acids is 1. The Morgan fingerprint density at radius 1 is 1.24 bits per heavy atom. The Balaban J connectivity index is 1.30. The topological polar surface area (TPSA) is 90.9 Å². The lowest BCUT2D eigenvalue weighted by Gasteiger charge is -2.25. The zero-order valence-corrected chi connectivity index (χ0v) is 16.0. The van der Waals surface area contributed by atoms with Crippen molar-refractivity contribution in [2.75, 3.05) is 26.4 Å². The van der Waals surface area contributed by atoms with Gasteiger partial charge in [0.2, 0.25) is 5.91 Å². The van der Waals surface area contributed by atoms with E-state index in [2.05, 4.69) is 5.32 Å². The molecule has 5 atom stereocenters. The van der Waals surface area contributed by atoms with E-state index in [1.807, 2.05) is 20.8 Å². The second kappa shape index (κ2) is 7.13. The molecule has 0 spiro atoms. The standard InChI is InChI=1S/C17H29NO6S/c1-4-17(2,3)16(19)18-5-6-22-7-8-23-14-11-9-12-13(10-11)25(20,21)24-15(12)14/h11-15H,4-10H2,1-3H3,(H,18,19). The van der Waals surface area contributed by atoms with Gasteiger partial charge in [0.25, 0.3) is 10.1 Å². The summed E-state index contributed by atoms with van der Waals surface area (Å²) in [6, 6.07) is 0. The van der Waals surface area contributed by atoms with Crippen LogP contribution in [-0.4, -0.2) is 58.1 Å². The molecule has 5 unspecified atom stereocenters. The molecule has 3 aliphatic rings. The van der Waals surface area contributed by atoms with Crippen molar-refractivity contribution in [2.24, 2.45) is 17.3 Å². The number of nitrogens with one attached hydrogen (secondary N) is 1. The van der Waals surface area contributed by atoms with Gasteiger partial charge in [-0.05, 0) is 25.2 Å². The van der Waals surface area contributed by atoms with E-state index in [0.29, 0.717) is 32.8 Å². The van der Waals surface area contributed by atoms with Gasteiger partial charge in [-0.25, -0.2) is 0 Å². The maximum atomic E-state index is 11.9. The van der Waals surface area contributed by atoms with Gasteiger partial charge < -0.3 is 14.8 Å². The van der Waals surface area contributed by atoms with E-state index in [1.54, 1.807) is 0 Å². The van der Waals surface area contributed by atoms with Gasteiger partial charge in [-0.15, -0.1) is 0 Å². The summed E-state index contributed by atoms with van der Waals surface area (Å²) in [5, 5.41) is 2.56. The molecule has 0 aromatic heterocycles. The first-order valence-corrected chi connectivity index (χ1v) is 10.6. The van der Waals surface area contributed by atoms with E-state index in [-0.39, 0.29) is 40.6 Å². The first-order chi connectivity index (χ1) is 11.8. The van der Waals surface area contributed by atoms with Crippen LogP contribution in [-0.2, 0) is 28.6 Å². The summed E-state index contributed by atoms with van der Waals surface area (Å²) in [6.45, 7) is 7.57. The minimum Gasteiger partial charge on any atom is -0.377 e. The molecule has 2 saturated carbocycles. The monoisotopic (exact) mass is 375 g/mol. The smallest absolute Gasteiger partial charge is 0.270 e. The fourth-order valence-electron chi connectivity index (χ4n) is 4.09. The molecule has 1 saturated heterocycles. The summed E-state index contributed by atoms with van der Waals surface area (Å²) in [5.41, 5.74) is -0.357. The van der Waals surface area contributed by atoms with Crippen LogP contribution in [0.1, 0.15) is 40.0 Å². The van der Waals surface area contributed by atoms with Gasteiger partial charge in [-0.1, -0.05) is 20.8 Å². The molecule has 25 heavy (non-hydrogen) atoms. The molecule has 0 aromatic rings. The van der Waals surface area contributed by atoms with Crippen molar-refractivity contribution in [3.8, 4) is 0 Å². The SMILES string of the molecule is CCC(C)(C)C(=O)NCCOCCOC1C2CC3C1OS(=O)(=O)C3C2. The Labute approximate surface area is 149 Å². The average Bonchev–Trinajstić information content (AvgIpc) is 3.17. The average molecular weight is 375 g/mol. The van der Waals surface area contributed by atoms with Crippen molar-refractivity contribution in [1.82, 2.24) is 5.32 Å². The highest BCUT2D eigenvalue weighted by atomic mass is 32.2. The second-order valence-electron chi connectivity index (χ2n) is 7.93. The van der Waals surface area contributed by atoms with Crippen LogP contribution in [0, 0.1) is 17.3 Å². The third kappa shape index (κ3) is 3.72. The first-order valence-electron chi connectivity index (χ1n) is 9.16. The van der Waals surface area contributed by atoms with E-state index in [0.717, 1.165) is 12.8 Å². The fraction of sp³-hybridized carbons (Fsp3) is 0.941. The highest BCUT2D eigenvalue weighted by Gasteiger charge is 2.64. The molecule has 144 valence electrons. The number of fused-ring (bicyclic) bond motifs is 1. The van der Waals surface area contributed by atoms with E-state index in [9.17, 15) is 13.2 Å². The second-order valence-corrected chi connectivity index (χ2v) is 9.71. The minimum atomic E-state index is -3.38. The van der Waals surface area contributed by atoms with Crippen LogP contribution in [0.2, 0.25) is 0 Å². The molecule has 0 aromatic carbocycles. The Kier molecular flexibility index (Phi) is 5.44. The molecule has 3 fully saturated rings. The van der Waals surface area contributed by atoms with Gasteiger partial charge >= 0.3 is 0 Å². The lowest BCUT2D eigenvalue weighted by atomic mass is 9.89.